The molecule has 0 saturated heterocycles. The summed E-state index contributed by atoms with van der Waals surface area (Å²) < 4.78 is 0. The Balaban J connectivity index is 2.70. The Labute approximate surface area is 107 Å². The van der Waals surface area contributed by atoms with Gasteiger partial charge in [-0.1, -0.05) is 36.7 Å². The highest BCUT2D eigenvalue weighted by Crippen LogP contribution is 2.22. The molecule has 0 aliphatic heterocycles. The van der Waals surface area contributed by atoms with E-state index in [0.717, 1.165) is 12.0 Å². The number of carbonyl (C=O) groups is 1. The normalized spacial score (nSPS) is 14.1. The largest absolute Gasteiger partial charge is 0.349 e. The van der Waals surface area contributed by atoms with Crippen LogP contribution >= 0.6 is 11.6 Å². The van der Waals surface area contributed by atoms with Crippen molar-refractivity contribution in [3.8, 4) is 0 Å². The van der Waals surface area contributed by atoms with E-state index in [1.807, 2.05) is 38.1 Å². The first kappa shape index (κ1) is 14.0. The predicted molar refractivity (Wildman–Crippen MR) is 70.8 cm³/mol. The molecule has 1 aromatic rings. The van der Waals surface area contributed by atoms with Crippen LogP contribution < -0.4 is 11.1 Å². The maximum atomic E-state index is 11.9. The fourth-order valence-corrected chi connectivity index (χ4v) is 1.99. The number of carbonyl (C=O) groups excluding carboxylic acids is 1. The second-order valence-corrected chi connectivity index (χ2v) is 4.50. The van der Waals surface area contributed by atoms with Crippen molar-refractivity contribution >= 4 is 17.5 Å². The highest BCUT2D eigenvalue weighted by Gasteiger charge is 2.18. The smallest absolute Gasteiger partial charge is 0.224 e. The van der Waals surface area contributed by atoms with Crippen LogP contribution in [0.4, 0.5) is 0 Å². The summed E-state index contributed by atoms with van der Waals surface area (Å²) in [5, 5.41) is 3.60. The Morgan fingerprint density at radius 2 is 2.12 bits per heavy atom. The summed E-state index contributed by atoms with van der Waals surface area (Å²) in [6, 6.07) is 7.41. The second kappa shape index (κ2) is 6.62. The van der Waals surface area contributed by atoms with Gasteiger partial charge in [-0.25, -0.2) is 0 Å². The van der Waals surface area contributed by atoms with Crippen molar-refractivity contribution in [1.82, 2.24) is 5.32 Å². The summed E-state index contributed by atoms with van der Waals surface area (Å²) in [7, 11) is 0. The topological polar surface area (TPSA) is 55.1 Å². The number of nitrogens with one attached hydrogen (secondary N) is 1. The van der Waals surface area contributed by atoms with Crippen molar-refractivity contribution in [3.05, 3.63) is 34.9 Å². The van der Waals surface area contributed by atoms with Crippen LogP contribution in [-0.4, -0.2) is 12.5 Å². The first-order valence-corrected chi connectivity index (χ1v) is 6.22. The lowest BCUT2D eigenvalue weighted by Crippen LogP contribution is -2.36. The molecule has 0 saturated carbocycles. The van der Waals surface area contributed by atoms with E-state index in [1.54, 1.807) is 0 Å². The molecule has 1 amide bonds. The summed E-state index contributed by atoms with van der Waals surface area (Å²) in [5.74, 6) is -0.137. The van der Waals surface area contributed by atoms with E-state index in [4.69, 9.17) is 17.3 Å². The molecule has 0 heterocycles. The van der Waals surface area contributed by atoms with Crippen LogP contribution in [0.25, 0.3) is 0 Å². The zero-order valence-corrected chi connectivity index (χ0v) is 11.0. The van der Waals surface area contributed by atoms with Crippen molar-refractivity contribution in [3.63, 3.8) is 0 Å². The molecular weight excluding hydrogens is 236 g/mol. The van der Waals surface area contributed by atoms with E-state index in [-0.39, 0.29) is 17.9 Å². The van der Waals surface area contributed by atoms with Crippen LogP contribution in [0, 0.1) is 5.92 Å². The minimum atomic E-state index is -0.125. The standard InChI is InChI=1S/C13H19ClN2O/c1-3-10(8-15)13(17)16-9(2)11-6-4-5-7-12(11)14/h4-7,9-10H,3,8,15H2,1-2H3,(H,16,17). The van der Waals surface area contributed by atoms with E-state index in [1.165, 1.54) is 0 Å². The van der Waals surface area contributed by atoms with Crippen LogP contribution in [0.5, 0.6) is 0 Å². The van der Waals surface area contributed by atoms with Crippen molar-refractivity contribution in [2.75, 3.05) is 6.54 Å². The molecule has 0 bridgehead atoms. The van der Waals surface area contributed by atoms with Crippen molar-refractivity contribution in [2.45, 2.75) is 26.3 Å². The predicted octanol–water partition coefficient (Wildman–Crippen LogP) is 2.50. The number of hydrogen-bond acceptors (Lipinski definition) is 2. The van der Waals surface area contributed by atoms with Gasteiger partial charge in [0, 0.05) is 17.5 Å². The van der Waals surface area contributed by atoms with Crippen LogP contribution in [-0.2, 0) is 4.79 Å². The maximum Gasteiger partial charge on any atom is 0.224 e. The third kappa shape index (κ3) is 3.72. The van der Waals surface area contributed by atoms with Crippen molar-refractivity contribution in [1.29, 1.82) is 0 Å². The van der Waals surface area contributed by atoms with Gasteiger partial charge in [0.15, 0.2) is 0 Å². The molecule has 3 nitrogen and oxygen atoms in total. The minimum Gasteiger partial charge on any atom is -0.349 e. The highest BCUT2D eigenvalue weighted by molar-refractivity contribution is 6.31. The fraction of sp³-hybridized carbons (Fsp3) is 0.462. The molecule has 0 fully saturated rings. The SMILES string of the molecule is CCC(CN)C(=O)NC(C)c1ccccc1Cl. The van der Waals surface area contributed by atoms with Crippen LogP contribution in [0.1, 0.15) is 31.9 Å². The quantitative estimate of drug-likeness (QED) is 0.848. The molecule has 0 spiro atoms. The van der Waals surface area contributed by atoms with Gasteiger partial charge < -0.3 is 11.1 Å². The number of hydrogen-bond donors (Lipinski definition) is 2. The molecule has 2 unspecified atom stereocenters. The van der Waals surface area contributed by atoms with Crippen molar-refractivity contribution in [2.24, 2.45) is 11.7 Å². The Bertz CT molecular complexity index is 377. The van der Waals surface area contributed by atoms with Gasteiger partial charge in [0.2, 0.25) is 5.91 Å². The average Bonchev–Trinajstić information content (AvgIpc) is 2.31. The monoisotopic (exact) mass is 254 g/mol. The lowest BCUT2D eigenvalue weighted by molar-refractivity contribution is -0.125. The number of halogens is 1. The molecule has 0 aliphatic rings. The van der Waals surface area contributed by atoms with E-state index in [9.17, 15) is 4.79 Å². The number of benzene rings is 1. The first-order chi connectivity index (χ1) is 8.10. The van der Waals surface area contributed by atoms with Gasteiger partial charge in [-0.3, -0.25) is 4.79 Å². The fourth-order valence-electron chi connectivity index (χ4n) is 1.69. The highest BCUT2D eigenvalue weighted by atomic mass is 35.5. The maximum absolute atomic E-state index is 11.9. The molecule has 4 heteroatoms. The van der Waals surface area contributed by atoms with Gasteiger partial charge in [-0.2, -0.15) is 0 Å². The molecule has 2 atom stereocenters. The molecule has 0 aromatic heterocycles. The first-order valence-electron chi connectivity index (χ1n) is 5.85. The Hall–Kier alpha value is -1.06. The number of nitrogens with two attached hydrogens (primary N) is 1. The summed E-state index contributed by atoms with van der Waals surface area (Å²) in [5.41, 5.74) is 6.47. The summed E-state index contributed by atoms with van der Waals surface area (Å²) in [6.07, 6.45) is 0.748. The summed E-state index contributed by atoms with van der Waals surface area (Å²) >= 11 is 6.07. The molecule has 94 valence electrons. The summed E-state index contributed by atoms with van der Waals surface area (Å²) in [6.45, 7) is 4.25. The summed E-state index contributed by atoms with van der Waals surface area (Å²) in [4.78, 5) is 11.9. The average molecular weight is 255 g/mol. The Morgan fingerprint density at radius 1 is 1.47 bits per heavy atom. The lowest BCUT2D eigenvalue weighted by Gasteiger charge is -2.19. The minimum absolute atomic E-state index is 0.0116. The van der Waals surface area contributed by atoms with Crippen LogP contribution in [0.2, 0.25) is 5.02 Å². The van der Waals surface area contributed by atoms with E-state index in [0.29, 0.717) is 11.6 Å². The van der Waals surface area contributed by atoms with Gasteiger partial charge in [-0.15, -0.1) is 0 Å². The van der Waals surface area contributed by atoms with Gasteiger partial charge in [0.1, 0.15) is 0 Å². The van der Waals surface area contributed by atoms with Crippen LogP contribution in [0.3, 0.4) is 0 Å². The molecule has 0 radical (unpaired) electrons. The van der Waals surface area contributed by atoms with E-state index >= 15 is 0 Å². The van der Waals surface area contributed by atoms with Gasteiger partial charge >= 0.3 is 0 Å². The number of amides is 1. The van der Waals surface area contributed by atoms with E-state index < -0.39 is 0 Å². The molecular formula is C13H19ClN2O. The third-order valence-electron chi connectivity index (χ3n) is 2.88. The molecule has 1 rings (SSSR count). The lowest BCUT2D eigenvalue weighted by atomic mass is 10.0. The van der Waals surface area contributed by atoms with Crippen LogP contribution in [0.15, 0.2) is 24.3 Å². The zero-order chi connectivity index (χ0) is 12.8. The molecule has 17 heavy (non-hydrogen) atoms. The molecule has 0 aliphatic carbocycles. The third-order valence-corrected chi connectivity index (χ3v) is 3.22. The molecule has 3 N–H and O–H groups in total. The molecule has 1 aromatic carbocycles. The van der Waals surface area contributed by atoms with Crippen molar-refractivity contribution < 1.29 is 4.79 Å². The number of rotatable bonds is 5. The Kier molecular flexibility index (Phi) is 5.45. The van der Waals surface area contributed by atoms with Gasteiger partial charge in [0.25, 0.3) is 0 Å². The second-order valence-electron chi connectivity index (χ2n) is 4.09. The van der Waals surface area contributed by atoms with Gasteiger partial charge in [-0.05, 0) is 25.0 Å². The van der Waals surface area contributed by atoms with E-state index in [2.05, 4.69) is 5.32 Å². The Morgan fingerprint density at radius 3 is 2.65 bits per heavy atom. The van der Waals surface area contributed by atoms with Gasteiger partial charge in [0.05, 0.1) is 6.04 Å². The zero-order valence-electron chi connectivity index (χ0n) is 10.2.